The summed E-state index contributed by atoms with van der Waals surface area (Å²) in [5.41, 5.74) is 3.65. The van der Waals surface area contributed by atoms with E-state index in [9.17, 15) is 4.79 Å². The number of terminal acetylenes is 1. The molecule has 0 bridgehead atoms. The van der Waals surface area contributed by atoms with Gasteiger partial charge in [-0.15, -0.1) is 6.42 Å². The monoisotopic (exact) mass is 304 g/mol. The van der Waals surface area contributed by atoms with Crippen LogP contribution in [-0.2, 0) is 7.05 Å². The van der Waals surface area contributed by atoms with Crippen molar-refractivity contribution in [2.75, 3.05) is 6.54 Å². The number of aromatic nitrogens is 3. The molecule has 2 heterocycles. The van der Waals surface area contributed by atoms with Crippen LogP contribution in [0, 0.1) is 19.3 Å². The Balaban J connectivity index is 2.24. The van der Waals surface area contributed by atoms with Crippen LogP contribution in [0.5, 0.6) is 0 Å². The van der Waals surface area contributed by atoms with E-state index in [1.807, 2.05) is 44.3 Å². The molecule has 0 radical (unpaired) electrons. The van der Waals surface area contributed by atoms with E-state index < -0.39 is 0 Å². The maximum absolute atomic E-state index is 12.5. The van der Waals surface area contributed by atoms with Crippen LogP contribution in [0.1, 0.15) is 16.1 Å². The van der Waals surface area contributed by atoms with Gasteiger partial charge in [-0.3, -0.25) is 9.48 Å². The van der Waals surface area contributed by atoms with Crippen LogP contribution in [-0.4, -0.2) is 27.2 Å². The second kappa shape index (κ2) is 5.93. The van der Waals surface area contributed by atoms with Crippen molar-refractivity contribution in [3.05, 3.63) is 47.7 Å². The molecule has 0 fully saturated rings. The minimum Gasteiger partial charge on any atom is -0.341 e. The topological polar surface area (TPSA) is 59.8 Å². The average molecular weight is 304 g/mol. The number of nitrogens with zero attached hydrogens (tertiary/aromatic N) is 3. The molecule has 3 rings (SSSR count). The number of carbonyl (C=O) groups is 1. The molecule has 0 aliphatic heterocycles. The van der Waals surface area contributed by atoms with Crippen LogP contribution in [0.3, 0.4) is 0 Å². The molecule has 5 heteroatoms. The summed E-state index contributed by atoms with van der Waals surface area (Å²) in [6.45, 7) is 2.05. The van der Waals surface area contributed by atoms with Crippen molar-refractivity contribution in [2.45, 2.75) is 6.92 Å². The number of hydrogen-bond donors (Lipinski definition) is 1. The molecular weight excluding hydrogens is 288 g/mol. The van der Waals surface area contributed by atoms with Gasteiger partial charge in [0.2, 0.25) is 0 Å². The molecule has 5 nitrogen and oxygen atoms in total. The highest BCUT2D eigenvalue weighted by molar-refractivity contribution is 6.07. The minimum atomic E-state index is -0.219. The van der Waals surface area contributed by atoms with E-state index in [0.717, 1.165) is 22.3 Å². The molecule has 0 saturated carbocycles. The third-order valence-corrected chi connectivity index (χ3v) is 3.63. The van der Waals surface area contributed by atoms with Crippen molar-refractivity contribution in [1.29, 1.82) is 0 Å². The van der Waals surface area contributed by atoms with Crippen LogP contribution in [0.15, 0.2) is 36.4 Å². The van der Waals surface area contributed by atoms with Crippen LogP contribution < -0.4 is 5.32 Å². The van der Waals surface area contributed by atoms with E-state index in [2.05, 4.69) is 21.3 Å². The molecule has 0 spiro atoms. The number of nitrogens with one attached hydrogen (secondary N) is 1. The molecule has 3 aromatic rings. The summed E-state index contributed by atoms with van der Waals surface area (Å²) in [5.74, 6) is 2.20. The van der Waals surface area contributed by atoms with Gasteiger partial charge in [-0.1, -0.05) is 36.3 Å². The average Bonchev–Trinajstić information content (AvgIpc) is 2.87. The molecule has 23 heavy (non-hydrogen) atoms. The molecule has 0 unspecified atom stereocenters. The van der Waals surface area contributed by atoms with Gasteiger partial charge in [-0.2, -0.15) is 5.10 Å². The summed E-state index contributed by atoms with van der Waals surface area (Å²) in [5, 5.41) is 7.85. The van der Waals surface area contributed by atoms with Gasteiger partial charge in [0, 0.05) is 12.6 Å². The predicted molar refractivity (Wildman–Crippen MR) is 89.8 cm³/mol. The third-order valence-electron chi connectivity index (χ3n) is 3.63. The zero-order valence-corrected chi connectivity index (χ0v) is 13.0. The van der Waals surface area contributed by atoms with E-state index in [-0.39, 0.29) is 12.5 Å². The maximum atomic E-state index is 12.5. The highest BCUT2D eigenvalue weighted by Gasteiger charge is 2.18. The number of benzene rings is 1. The first kappa shape index (κ1) is 14.8. The summed E-state index contributed by atoms with van der Waals surface area (Å²) in [6, 6.07) is 11.5. The smallest absolute Gasteiger partial charge is 0.252 e. The largest absolute Gasteiger partial charge is 0.341 e. The molecular formula is C18H16N4O. The van der Waals surface area contributed by atoms with Crippen molar-refractivity contribution >= 4 is 16.9 Å². The van der Waals surface area contributed by atoms with E-state index in [4.69, 9.17) is 6.42 Å². The molecule has 0 aliphatic rings. The summed E-state index contributed by atoms with van der Waals surface area (Å²) in [7, 11) is 1.82. The standard InChI is InChI=1S/C18H16N4O/c1-4-10-19-18(23)14-11-15(13-8-6-5-7-9-13)20-17-16(14)12(2)21-22(17)3/h1,5-9,11H,10H2,2-3H3,(H,19,23). The molecule has 1 aromatic carbocycles. The van der Waals surface area contributed by atoms with Gasteiger partial charge in [-0.05, 0) is 13.0 Å². The quantitative estimate of drug-likeness (QED) is 0.755. The lowest BCUT2D eigenvalue weighted by molar-refractivity contribution is 0.0960. The normalized spacial score (nSPS) is 10.5. The summed E-state index contributed by atoms with van der Waals surface area (Å²) in [4.78, 5) is 17.2. The first-order chi connectivity index (χ1) is 11.1. The van der Waals surface area contributed by atoms with E-state index in [1.165, 1.54) is 0 Å². The van der Waals surface area contributed by atoms with Crippen molar-refractivity contribution in [2.24, 2.45) is 7.05 Å². The first-order valence-corrected chi connectivity index (χ1v) is 7.23. The summed E-state index contributed by atoms with van der Waals surface area (Å²) in [6.07, 6.45) is 5.23. The fourth-order valence-corrected chi connectivity index (χ4v) is 2.61. The minimum absolute atomic E-state index is 0.183. The number of carbonyl (C=O) groups excluding carboxylic acids is 1. The Morgan fingerprint density at radius 1 is 1.35 bits per heavy atom. The van der Waals surface area contributed by atoms with Crippen molar-refractivity contribution in [1.82, 2.24) is 20.1 Å². The third kappa shape index (κ3) is 2.67. The van der Waals surface area contributed by atoms with Gasteiger partial charge < -0.3 is 5.32 Å². The van der Waals surface area contributed by atoms with Gasteiger partial charge >= 0.3 is 0 Å². The molecule has 114 valence electrons. The Labute approximate surface area is 134 Å². The lowest BCUT2D eigenvalue weighted by Gasteiger charge is -2.08. The van der Waals surface area contributed by atoms with Crippen molar-refractivity contribution < 1.29 is 4.79 Å². The number of pyridine rings is 1. The number of aryl methyl sites for hydroxylation is 2. The second-order valence-corrected chi connectivity index (χ2v) is 5.22. The Morgan fingerprint density at radius 2 is 2.09 bits per heavy atom. The van der Waals surface area contributed by atoms with Gasteiger partial charge in [0.15, 0.2) is 5.65 Å². The number of rotatable bonds is 3. The predicted octanol–water partition coefficient (Wildman–Crippen LogP) is 2.31. The maximum Gasteiger partial charge on any atom is 0.252 e. The lowest BCUT2D eigenvalue weighted by atomic mass is 10.0. The Kier molecular flexibility index (Phi) is 3.82. The molecule has 0 aliphatic carbocycles. The van der Waals surface area contributed by atoms with Crippen LogP contribution >= 0.6 is 0 Å². The van der Waals surface area contributed by atoms with Gasteiger partial charge in [-0.25, -0.2) is 4.98 Å². The van der Waals surface area contributed by atoms with Gasteiger partial charge in [0.1, 0.15) is 0 Å². The molecule has 1 N–H and O–H groups in total. The molecule has 2 aromatic heterocycles. The molecule has 0 atom stereocenters. The highest BCUT2D eigenvalue weighted by atomic mass is 16.1. The zero-order valence-electron chi connectivity index (χ0n) is 13.0. The van der Waals surface area contributed by atoms with Crippen LogP contribution in [0.25, 0.3) is 22.3 Å². The van der Waals surface area contributed by atoms with Crippen LogP contribution in [0.4, 0.5) is 0 Å². The molecule has 0 saturated heterocycles. The zero-order chi connectivity index (χ0) is 16.4. The SMILES string of the molecule is C#CCNC(=O)c1cc(-c2ccccc2)nc2c1c(C)nn2C. The fourth-order valence-electron chi connectivity index (χ4n) is 2.61. The van der Waals surface area contributed by atoms with Gasteiger partial charge in [0.25, 0.3) is 5.91 Å². The second-order valence-electron chi connectivity index (χ2n) is 5.22. The fraction of sp³-hybridized carbons (Fsp3) is 0.167. The highest BCUT2D eigenvalue weighted by Crippen LogP contribution is 2.26. The first-order valence-electron chi connectivity index (χ1n) is 7.23. The van der Waals surface area contributed by atoms with E-state index >= 15 is 0 Å². The Hall–Kier alpha value is -3.13. The van der Waals surface area contributed by atoms with Crippen molar-refractivity contribution in [3.8, 4) is 23.6 Å². The number of fused-ring (bicyclic) bond motifs is 1. The Morgan fingerprint density at radius 3 is 2.78 bits per heavy atom. The molecule has 1 amide bonds. The summed E-state index contributed by atoms with van der Waals surface area (Å²) >= 11 is 0. The summed E-state index contributed by atoms with van der Waals surface area (Å²) < 4.78 is 1.69. The van der Waals surface area contributed by atoms with Crippen molar-refractivity contribution in [3.63, 3.8) is 0 Å². The number of amides is 1. The van der Waals surface area contributed by atoms with E-state index in [1.54, 1.807) is 10.7 Å². The number of hydrogen-bond acceptors (Lipinski definition) is 3. The van der Waals surface area contributed by atoms with Gasteiger partial charge in [0.05, 0.1) is 28.9 Å². The van der Waals surface area contributed by atoms with E-state index in [0.29, 0.717) is 11.2 Å². The van der Waals surface area contributed by atoms with Crippen LogP contribution in [0.2, 0.25) is 0 Å². The Bertz CT molecular complexity index is 920. The lowest BCUT2D eigenvalue weighted by Crippen LogP contribution is -2.24.